The highest BCUT2D eigenvalue weighted by atomic mass is 16.4. The van der Waals surface area contributed by atoms with Gasteiger partial charge in [0.15, 0.2) is 0 Å². The molecule has 0 heterocycles. The molecule has 0 aliphatic carbocycles. The zero-order valence-electron chi connectivity index (χ0n) is 9.19. The third-order valence-electron chi connectivity index (χ3n) is 2.30. The van der Waals surface area contributed by atoms with Crippen LogP contribution in [0.25, 0.3) is 0 Å². The van der Waals surface area contributed by atoms with Crippen molar-refractivity contribution in [3.05, 3.63) is 11.6 Å². The van der Waals surface area contributed by atoms with Crippen molar-refractivity contribution < 1.29 is 19.8 Å². The molecular weight excluding hydrogens is 196 g/mol. The number of hydrogen-bond acceptors (Lipinski definition) is 2. The minimum Gasteiger partial charge on any atom is -0.478 e. The molecule has 0 rings (SSSR count). The van der Waals surface area contributed by atoms with E-state index in [1.165, 1.54) is 0 Å². The summed E-state index contributed by atoms with van der Waals surface area (Å²) in [5.74, 6) is -2.54. The van der Waals surface area contributed by atoms with Gasteiger partial charge in [-0.1, -0.05) is 33.1 Å². The lowest BCUT2D eigenvalue weighted by molar-refractivity contribution is -0.135. The highest BCUT2D eigenvalue weighted by molar-refractivity contribution is 5.94. The molecule has 0 aliphatic rings. The van der Waals surface area contributed by atoms with Gasteiger partial charge in [-0.3, -0.25) is 0 Å². The molecule has 0 aromatic carbocycles. The first kappa shape index (κ1) is 13.7. The molecule has 0 fully saturated rings. The largest absolute Gasteiger partial charge is 0.478 e. The van der Waals surface area contributed by atoms with E-state index in [-0.39, 0.29) is 11.5 Å². The topological polar surface area (TPSA) is 74.6 Å². The first-order valence-electron chi connectivity index (χ1n) is 5.16. The normalized spacial score (nSPS) is 13.6. The van der Waals surface area contributed by atoms with Crippen LogP contribution in [0.15, 0.2) is 11.6 Å². The molecule has 0 amide bonds. The van der Waals surface area contributed by atoms with Crippen molar-refractivity contribution in [3.8, 4) is 0 Å². The number of unbranched alkanes of at least 4 members (excludes halogenated alkanes) is 2. The number of carbonyl (C=O) groups is 2. The third-order valence-corrected chi connectivity index (χ3v) is 2.30. The van der Waals surface area contributed by atoms with Gasteiger partial charge in [-0.25, -0.2) is 9.59 Å². The van der Waals surface area contributed by atoms with Crippen molar-refractivity contribution in [3.63, 3.8) is 0 Å². The molecule has 4 nitrogen and oxygen atoms in total. The Kier molecular flexibility index (Phi) is 6.42. The second-order valence-electron chi connectivity index (χ2n) is 3.64. The van der Waals surface area contributed by atoms with E-state index in [1.54, 1.807) is 6.92 Å². The van der Waals surface area contributed by atoms with Crippen molar-refractivity contribution in [2.24, 2.45) is 5.92 Å². The smallest absolute Gasteiger partial charge is 0.332 e. The molecule has 15 heavy (non-hydrogen) atoms. The van der Waals surface area contributed by atoms with Crippen molar-refractivity contribution in [1.82, 2.24) is 0 Å². The van der Waals surface area contributed by atoms with Gasteiger partial charge in [0.2, 0.25) is 0 Å². The van der Waals surface area contributed by atoms with Gasteiger partial charge < -0.3 is 10.2 Å². The van der Waals surface area contributed by atoms with E-state index in [4.69, 9.17) is 10.2 Å². The van der Waals surface area contributed by atoms with Gasteiger partial charge in [-0.2, -0.15) is 0 Å². The maximum absolute atomic E-state index is 10.8. The minimum absolute atomic E-state index is 0.0152. The number of carboxylic acids is 2. The lowest BCUT2D eigenvalue weighted by Crippen LogP contribution is -2.12. The highest BCUT2D eigenvalue weighted by Gasteiger charge is 2.16. The lowest BCUT2D eigenvalue weighted by Gasteiger charge is -2.11. The van der Waals surface area contributed by atoms with Crippen LogP contribution in [0, 0.1) is 5.92 Å². The second-order valence-corrected chi connectivity index (χ2v) is 3.64. The Morgan fingerprint density at radius 1 is 1.27 bits per heavy atom. The molecule has 0 aliphatic heterocycles. The third kappa shape index (κ3) is 5.88. The Morgan fingerprint density at radius 3 is 2.27 bits per heavy atom. The Hall–Kier alpha value is -1.32. The molecule has 0 saturated carbocycles. The molecule has 2 N–H and O–H groups in total. The molecule has 1 atom stereocenters. The maximum atomic E-state index is 10.8. The fourth-order valence-corrected chi connectivity index (χ4v) is 1.40. The molecule has 0 aromatic rings. The van der Waals surface area contributed by atoms with E-state index in [9.17, 15) is 9.59 Å². The summed E-state index contributed by atoms with van der Waals surface area (Å²) in [6.45, 7) is 3.81. The summed E-state index contributed by atoms with van der Waals surface area (Å²) in [4.78, 5) is 21.2. The Balaban J connectivity index is 4.37. The first-order valence-corrected chi connectivity index (χ1v) is 5.16. The van der Waals surface area contributed by atoms with Crippen molar-refractivity contribution in [2.45, 2.75) is 39.5 Å². The molecule has 4 heteroatoms. The van der Waals surface area contributed by atoms with Crippen molar-refractivity contribution >= 4 is 11.9 Å². The van der Waals surface area contributed by atoms with Crippen LogP contribution in [0.4, 0.5) is 0 Å². The zero-order chi connectivity index (χ0) is 11.8. The molecule has 0 bridgehead atoms. The first-order chi connectivity index (χ1) is 6.99. The van der Waals surface area contributed by atoms with Gasteiger partial charge in [-0.05, 0) is 12.3 Å². The second kappa shape index (κ2) is 7.04. The molecule has 86 valence electrons. The fraction of sp³-hybridized carbons (Fsp3) is 0.636. The summed E-state index contributed by atoms with van der Waals surface area (Å²) in [7, 11) is 0. The van der Waals surface area contributed by atoms with Gasteiger partial charge in [0.1, 0.15) is 0 Å². The van der Waals surface area contributed by atoms with E-state index >= 15 is 0 Å². The van der Waals surface area contributed by atoms with E-state index in [0.717, 1.165) is 31.8 Å². The van der Waals surface area contributed by atoms with E-state index in [1.807, 2.05) is 0 Å². The summed E-state index contributed by atoms with van der Waals surface area (Å²) >= 11 is 0. The highest BCUT2D eigenvalue weighted by Crippen LogP contribution is 2.18. The molecular formula is C11H18O4. The summed E-state index contributed by atoms with van der Waals surface area (Å²) in [6, 6.07) is 0. The zero-order valence-corrected chi connectivity index (χ0v) is 9.19. The van der Waals surface area contributed by atoms with Gasteiger partial charge in [-0.15, -0.1) is 0 Å². The van der Waals surface area contributed by atoms with Crippen LogP contribution in [0.2, 0.25) is 0 Å². The van der Waals surface area contributed by atoms with Crippen LogP contribution in [0.1, 0.15) is 39.5 Å². The van der Waals surface area contributed by atoms with Gasteiger partial charge in [0.25, 0.3) is 0 Å². The molecule has 0 aromatic heterocycles. The van der Waals surface area contributed by atoms with E-state index in [0.29, 0.717) is 0 Å². The SMILES string of the molecule is CCCCCC(C)/C(=C/C(=O)O)C(=O)O. The van der Waals surface area contributed by atoms with Crippen LogP contribution in [0.3, 0.4) is 0 Å². The molecule has 0 radical (unpaired) electrons. The van der Waals surface area contributed by atoms with Crippen LogP contribution in [0.5, 0.6) is 0 Å². The average molecular weight is 214 g/mol. The van der Waals surface area contributed by atoms with Gasteiger partial charge >= 0.3 is 11.9 Å². The van der Waals surface area contributed by atoms with E-state index < -0.39 is 11.9 Å². The predicted octanol–water partition coefficient (Wildman–Crippen LogP) is 2.30. The number of rotatable bonds is 7. The van der Waals surface area contributed by atoms with Gasteiger partial charge in [0, 0.05) is 11.6 Å². The predicted molar refractivity (Wildman–Crippen MR) is 56.7 cm³/mol. The lowest BCUT2D eigenvalue weighted by atomic mass is 9.94. The average Bonchev–Trinajstić information content (AvgIpc) is 2.13. The maximum Gasteiger partial charge on any atom is 0.332 e. The van der Waals surface area contributed by atoms with Crippen LogP contribution >= 0.6 is 0 Å². The Morgan fingerprint density at radius 2 is 1.87 bits per heavy atom. The molecule has 0 saturated heterocycles. The number of hydrogen-bond donors (Lipinski definition) is 2. The Labute approximate surface area is 89.6 Å². The minimum atomic E-state index is -1.20. The standard InChI is InChI=1S/C11H18O4/c1-3-4-5-6-8(2)9(11(14)15)7-10(12)13/h7-8H,3-6H2,1-2H3,(H,12,13)(H,14,15)/b9-7-. The summed E-state index contributed by atoms with van der Waals surface area (Å²) in [5.41, 5.74) is -0.0152. The monoisotopic (exact) mass is 214 g/mol. The van der Waals surface area contributed by atoms with Crippen molar-refractivity contribution in [1.29, 1.82) is 0 Å². The van der Waals surface area contributed by atoms with Crippen LogP contribution in [-0.2, 0) is 9.59 Å². The summed E-state index contributed by atoms with van der Waals surface area (Å²) in [5, 5.41) is 17.3. The number of aliphatic carboxylic acids is 2. The fourth-order valence-electron chi connectivity index (χ4n) is 1.40. The quantitative estimate of drug-likeness (QED) is 0.503. The van der Waals surface area contributed by atoms with Crippen LogP contribution < -0.4 is 0 Å². The van der Waals surface area contributed by atoms with E-state index in [2.05, 4.69) is 6.92 Å². The summed E-state index contributed by atoms with van der Waals surface area (Å²) in [6.07, 6.45) is 4.56. The summed E-state index contributed by atoms with van der Waals surface area (Å²) < 4.78 is 0. The number of carboxylic acid groups (broad SMARTS) is 2. The van der Waals surface area contributed by atoms with Crippen LogP contribution in [-0.4, -0.2) is 22.2 Å². The van der Waals surface area contributed by atoms with Crippen molar-refractivity contribution in [2.75, 3.05) is 0 Å². The molecule has 0 spiro atoms. The van der Waals surface area contributed by atoms with Gasteiger partial charge in [0.05, 0.1) is 0 Å². The molecule has 1 unspecified atom stereocenters. The Bertz CT molecular complexity index is 255.